The van der Waals surface area contributed by atoms with Crippen molar-refractivity contribution >= 4 is 35.6 Å². The number of amides is 3. The largest absolute Gasteiger partial charge is 0.481 e. The average molecular weight is 498 g/mol. The number of nitrogens with two attached hydrogens (primary N) is 3. The Morgan fingerprint density at radius 3 is 2.34 bits per heavy atom. The second-order valence-electron chi connectivity index (χ2n) is 7.51. The molecule has 3 unspecified atom stereocenters. The molecular formula is C19H31N9O7. The number of imidazole rings is 1. The Bertz CT molecular complexity index is 900. The minimum absolute atomic E-state index is 0.0860. The molecule has 0 spiro atoms. The van der Waals surface area contributed by atoms with Crippen LogP contribution in [0.5, 0.6) is 0 Å². The first kappa shape index (κ1) is 28.8. The van der Waals surface area contributed by atoms with Gasteiger partial charge in [-0.2, -0.15) is 0 Å². The van der Waals surface area contributed by atoms with Gasteiger partial charge in [-0.1, -0.05) is 0 Å². The fourth-order valence-electron chi connectivity index (χ4n) is 2.82. The molecule has 0 aromatic carbocycles. The second-order valence-corrected chi connectivity index (χ2v) is 7.51. The second kappa shape index (κ2) is 14.8. The number of guanidine groups is 1. The van der Waals surface area contributed by atoms with Crippen LogP contribution in [0.3, 0.4) is 0 Å². The van der Waals surface area contributed by atoms with Crippen molar-refractivity contribution in [2.75, 3.05) is 13.1 Å². The zero-order valence-electron chi connectivity index (χ0n) is 18.9. The van der Waals surface area contributed by atoms with E-state index in [9.17, 15) is 29.1 Å². The van der Waals surface area contributed by atoms with E-state index in [1.807, 2.05) is 0 Å². The first-order chi connectivity index (χ1) is 16.5. The molecule has 3 amide bonds. The molecule has 0 saturated heterocycles. The molecule has 1 aromatic rings. The van der Waals surface area contributed by atoms with Crippen molar-refractivity contribution in [3.05, 3.63) is 18.2 Å². The third kappa shape index (κ3) is 12.0. The smallest absolute Gasteiger partial charge is 0.326 e. The van der Waals surface area contributed by atoms with Gasteiger partial charge in [-0.15, -0.1) is 0 Å². The SMILES string of the molecule is NC(N)=NCCCC(N)C(=O)NCC(=O)NC(CCC(=O)O)C(=O)NC(Cc1cnc[nH]1)C(=O)O. The minimum atomic E-state index is -1.36. The summed E-state index contributed by atoms with van der Waals surface area (Å²) in [6, 6.07) is -3.64. The maximum atomic E-state index is 12.6. The number of carboxylic acids is 2. The number of hydrogen-bond donors (Lipinski definition) is 9. The highest BCUT2D eigenvalue weighted by Gasteiger charge is 2.27. The van der Waals surface area contributed by atoms with Crippen LogP contribution in [0.25, 0.3) is 0 Å². The number of aromatic nitrogens is 2. The van der Waals surface area contributed by atoms with E-state index < -0.39 is 60.8 Å². The van der Waals surface area contributed by atoms with Gasteiger partial charge in [0.1, 0.15) is 12.1 Å². The maximum Gasteiger partial charge on any atom is 0.326 e. The Kier molecular flexibility index (Phi) is 12.2. The van der Waals surface area contributed by atoms with Crippen LogP contribution < -0.4 is 33.2 Å². The predicted molar refractivity (Wildman–Crippen MR) is 122 cm³/mol. The fraction of sp³-hybridized carbons (Fsp3) is 0.526. The molecule has 0 bridgehead atoms. The summed E-state index contributed by atoms with van der Waals surface area (Å²) in [5.41, 5.74) is 16.6. The molecule has 1 aromatic heterocycles. The molecule has 194 valence electrons. The number of nitrogens with one attached hydrogen (secondary N) is 4. The number of aliphatic imine (C=N–C) groups is 1. The first-order valence-electron chi connectivity index (χ1n) is 10.6. The number of carboxylic acid groups (broad SMARTS) is 2. The van der Waals surface area contributed by atoms with Crippen LogP contribution in [0.2, 0.25) is 0 Å². The van der Waals surface area contributed by atoms with E-state index in [0.717, 1.165) is 0 Å². The van der Waals surface area contributed by atoms with Gasteiger partial charge in [-0.05, 0) is 19.3 Å². The average Bonchev–Trinajstić information content (AvgIpc) is 3.29. The predicted octanol–water partition coefficient (Wildman–Crippen LogP) is -3.63. The number of aliphatic carboxylic acids is 2. The molecule has 35 heavy (non-hydrogen) atoms. The van der Waals surface area contributed by atoms with E-state index in [0.29, 0.717) is 12.1 Å². The van der Waals surface area contributed by atoms with Gasteiger partial charge in [0.15, 0.2) is 5.96 Å². The van der Waals surface area contributed by atoms with Crippen molar-refractivity contribution in [3.8, 4) is 0 Å². The molecule has 0 aliphatic heterocycles. The van der Waals surface area contributed by atoms with Crippen LogP contribution in [-0.4, -0.2) is 87.0 Å². The number of nitrogens with zero attached hydrogens (tertiary/aromatic N) is 2. The Balaban J connectivity index is 2.65. The van der Waals surface area contributed by atoms with Gasteiger partial charge < -0.3 is 48.3 Å². The van der Waals surface area contributed by atoms with E-state index >= 15 is 0 Å². The number of aromatic amines is 1. The van der Waals surface area contributed by atoms with E-state index in [2.05, 4.69) is 30.9 Å². The molecule has 0 aliphatic carbocycles. The molecule has 12 N–H and O–H groups in total. The summed E-state index contributed by atoms with van der Waals surface area (Å²) >= 11 is 0. The molecular weight excluding hydrogens is 466 g/mol. The van der Waals surface area contributed by atoms with Gasteiger partial charge >= 0.3 is 11.9 Å². The van der Waals surface area contributed by atoms with E-state index in [4.69, 9.17) is 22.3 Å². The lowest BCUT2D eigenvalue weighted by molar-refractivity contribution is -0.143. The molecule has 0 fully saturated rings. The molecule has 1 rings (SSSR count). The fourth-order valence-corrected chi connectivity index (χ4v) is 2.82. The number of hydrogen-bond acceptors (Lipinski definition) is 8. The van der Waals surface area contributed by atoms with E-state index in [1.54, 1.807) is 0 Å². The van der Waals surface area contributed by atoms with Crippen LogP contribution in [0.15, 0.2) is 17.5 Å². The number of H-pyrrole nitrogens is 1. The number of carbonyl (C=O) groups is 5. The van der Waals surface area contributed by atoms with Crippen LogP contribution in [0.1, 0.15) is 31.4 Å². The van der Waals surface area contributed by atoms with Crippen molar-refractivity contribution in [1.29, 1.82) is 0 Å². The van der Waals surface area contributed by atoms with Crippen LogP contribution in [0.4, 0.5) is 0 Å². The van der Waals surface area contributed by atoms with Gasteiger partial charge in [0.25, 0.3) is 0 Å². The molecule has 16 nitrogen and oxygen atoms in total. The summed E-state index contributed by atoms with van der Waals surface area (Å²) in [6.45, 7) is -0.254. The van der Waals surface area contributed by atoms with Gasteiger partial charge in [0, 0.05) is 31.3 Å². The van der Waals surface area contributed by atoms with Gasteiger partial charge in [-0.25, -0.2) is 9.78 Å². The molecule has 3 atom stereocenters. The topological polar surface area (TPSA) is 281 Å². The van der Waals surface area contributed by atoms with Gasteiger partial charge in [-0.3, -0.25) is 24.2 Å². The third-order valence-electron chi connectivity index (χ3n) is 4.62. The Morgan fingerprint density at radius 1 is 1.06 bits per heavy atom. The van der Waals surface area contributed by atoms with Crippen LogP contribution in [0, 0.1) is 0 Å². The minimum Gasteiger partial charge on any atom is -0.481 e. The Hall–Kier alpha value is -4.21. The third-order valence-corrected chi connectivity index (χ3v) is 4.62. The molecule has 0 saturated carbocycles. The standard InChI is InChI=1S/C19H31N9O7/c20-11(2-1-5-24-19(21)22)16(32)25-8-14(29)27-12(3-4-15(30)31)17(33)28-13(18(34)35)6-10-7-23-9-26-10/h7,9,11-13H,1-6,8,20H2,(H,23,26)(H,25,32)(H,27,29)(H,28,33)(H,30,31)(H,34,35)(H4,21,22,24). The molecule has 0 aliphatic rings. The van der Waals surface area contributed by atoms with Crippen molar-refractivity contribution < 1.29 is 34.2 Å². The van der Waals surface area contributed by atoms with Crippen LogP contribution >= 0.6 is 0 Å². The Labute approximate surface area is 200 Å². The first-order valence-corrected chi connectivity index (χ1v) is 10.6. The Morgan fingerprint density at radius 2 is 1.77 bits per heavy atom. The number of carbonyl (C=O) groups excluding carboxylic acids is 3. The molecule has 16 heteroatoms. The number of rotatable bonds is 16. The summed E-state index contributed by atoms with van der Waals surface area (Å²) in [6.07, 6.45) is 2.53. The zero-order valence-corrected chi connectivity index (χ0v) is 18.9. The van der Waals surface area contributed by atoms with Crippen molar-refractivity contribution in [2.24, 2.45) is 22.2 Å². The van der Waals surface area contributed by atoms with Crippen molar-refractivity contribution in [3.63, 3.8) is 0 Å². The highest BCUT2D eigenvalue weighted by atomic mass is 16.4. The maximum absolute atomic E-state index is 12.6. The van der Waals surface area contributed by atoms with Crippen molar-refractivity contribution in [1.82, 2.24) is 25.9 Å². The lowest BCUT2D eigenvalue weighted by Gasteiger charge is -2.21. The summed E-state index contributed by atoms with van der Waals surface area (Å²) in [7, 11) is 0. The highest BCUT2D eigenvalue weighted by molar-refractivity contribution is 5.92. The lowest BCUT2D eigenvalue weighted by Crippen LogP contribution is -2.54. The normalized spacial score (nSPS) is 13.1. The monoisotopic (exact) mass is 497 g/mol. The molecule has 0 radical (unpaired) electrons. The summed E-state index contributed by atoms with van der Waals surface area (Å²) in [5, 5.41) is 25.2. The lowest BCUT2D eigenvalue weighted by atomic mass is 10.1. The molecule has 1 heterocycles. The van der Waals surface area contributed by atoms with E-state index in [-0.39, 0.29) is 31.8 Å². The summed E-state index contributed by atoms with van der Waals surface area (Å²) < 4.78 is 0. The van der Waals surface area contributed by atoms with Gasteiger partial charge in [0.05, 0.1) is 18.9 Å². The van der Waals surface area contributed by atoms with Gasteiger partial charge in [0.2, 0.25) is 17.7 Å². The summed E-state index contributed by atoms with van der Waals surface area (Å²) in [5.74, 6) is -4.95. The quantitative estimate of drug-likeness (QED) is 0.0610. The zero-order chi connectivity index (χ0) is 26.4. The van der Waals surface area contributed by atoms with Crippen LogP contribution in [-0.2, 0) is 30.4 Å². The van der Waals surface area contributed by atoms with E-state index in [1.165, 1.54) is 12.5 Å². The van der Waals surface area contributed by atoms with Crippen molar-refractivity contribution in [2.45, 2.75) is 50.2 Å². The summed E-state index contributed by atoms with van der Waals surface area (Å²) in [4.78, 5) is 69.7. The highest BCUT2D eigenvalue weighted by Crippen LogP contribution is 2.03.